The number of pyridine rings is 1. The lowest BCUT2D eigenvalue weighted by Crippen LogP contribution is -2.71. The number of unbranched alkanes of at least 4 members (excludes halogenated alkanes) is 5. The minimum atomic E-state index is -1.49. The lowest BCUT2D eigenvalue weighted by atomic mass is 10.0. The lowest BCUT2D eigenvalue weighted by Gasteiger charge is -2.50. The van der Waals surface area contributed by atoms with Crippen molar-refractivity contribution in [3.05, 3.63) is 47.2 Å². The molecule has 0 bridgehead atoms. The van der Waals surface area contributed by atoms with Crippen LogP contribution in [-0.4, -0.2) is 74.0 Å². The van der Waals surface area contributed by atoms with Crippen molar-refractivity contribution in [2.45, 2.75) is 70.3 Å². The highest BCUT2D eigenvalue weighted by Crippen LogP contribution is 2.40. The summed E-state index contributed by atoms with van der Waals surface area (Å²) in [5.74, 6) is -2.78. The Hall–Kier alpha value is -4.05. The highest BCUT2D eigenvalue weighted by atomic mass is 32.2. The third-order valence-electron chi connectivity index (χ3n) is 7.02. The van der Waals surface area contributed by atoms with Crippen molar-refractivity contribution in [2.24, 2.45) is 5.16 Å². The van der Waals surface area contributed by atoms with E-state index < -0.39 is 29.2 Å². The number of carboxylic acid groups (broad SMARTS) is 1. The highest BCUT2D eigenvalue weighted by Gasteiger charge is 2.53. The molecule has 2 atom stereocenters. The zero-order chi connectivity index (χ0) is 31.6. The average molecular weight is 645 g/mol. The molecule has 44 heavy (non-hydrogen) atoms. The van der Waals surface area contributed by atoms with Crippen molar-refractivity contribution in [1.29, 1.82) is 0 Å². The van der Waals surface area contributed by atoms with Crippen LogP contribution in [0.4, 0.5) is 5.13 Å². The number of rotatable bonds is 16. The van der Waals surface area contributed by atoms with E-state index in [9.17, 15) is 24.3 Å². The number of oxime groups is 1. The predicted octanol–water partition coefficient (Wildman–Crippen LogP) is 0.343. The fourth-order valence-corrected chi connectivity index (χ4v) is 6.56. The topological polar surface area (TPSA) is 196 Å². The van der Waals surface area contributed by atoms with Crippen molar-refractivity contribution >= 4 is 57.8 Å². The standard InChI is InChI=1S/C28H36N8O6S2/c1-3-5-6-7-8-9-12-30-23(37)17-10-13-35(14-11-17)15-18-16-43-26-20(25(39)36(26)21(18)27(40)41)31-24(38)19(33-42-4-2)22-32-28(29)44-34-22/h10-11,13-14,20,26H,3-9,12,15-16H2,1-2H3,(H4-,29,30,31,32,34,37,38,40,41)/b33-19-/t20?,26-/m1/s1. The molecule has 14 nitrogen and oxygen atoms in total. The number of aromatic nitrogens is 3. The summed E-state index contributed by atoms with van der Waals surface area (Å²) in [6.45, 7) is 4.83. The molecule has 4 heterocycles. The largest absolute Gasteiger partial charge is 0.543 e. The second-order valence-corrected chi connectivity index (χ2v) is 12.1. The Balaban J connectivity index is 1.37. The summed E-state index contributed by atoms with van der Waals surface area (Å²) >= 11 is 2.19. The fourth-order valence-electron chi connectivity index (χ4n) is 4.79. The average Bonchev–Trinajstić information content (AvgIpc) is 3.45. The molecule has 1 fully saturated rings. The van der Waals surface area contributed by atoms with Crippen LogP contribution < -0.4 is 26.0 Å². The Labute approximate surface area is 263 Å². The van der Waals surface area contributed by atoms with E-state index in [4.69, 9.17) is 10.6 Å². The smallest absolute Gasteiger partial charge is 0.278 e. The number of carbonyl (C=O) groups excluding carboxylic acids is 4. The molecule has 0 aliphatic carbocycles. The second kappa shape index (κ2) is 15.6. The van der Waals surface area contributed by atoms with Crippen LogP contribution in [0.5, 0.6) is 0 Å². The first-order valence-electron chi connectivity index (χ1n) is 14.5. The first-order valence-corrected chi connectivity index (χ1v) is 16.3. The zero-order valence-electron chi connectivity index (χ0n) is 24.6. The molecule has 4 rings (SSSR count). The number of carboxylic acids is 1. The van der Waals surface area contributed by atoms with Gasteiger partial charge in [-0.3, -0.25) is 19.3 Å². The summed E-state index contributed by atoms with van der Waals surface area (Å²) < 4.78 is 5.72. The van der Waals surface area contributed by atoms with Crippen molar-refractivity contribution in [2.75, 3.05) is 24.6 Å². The Bertz CT molecular complexity index is 1430. The van der Waals surface area contributed by atoms with Crippen LogP contribution >= 0.6 is 23.3 Å². The third kappa shape index (κ3) is 7.91. The van der Waals surface area contributed by atoms with E-state index >= 15 is 0 Å². The van der Waals surface area contributed by atoms with Gasteiger partial charge in [-0.15, -0.1) is 11.8 Å². The van der Waals surface area contributed by atoms with Crippen molar-refractivity contribution in [3.63, 3.8) is 0 Å². The number of hydrogen-bond donors (Lipinski definition) is 3. The van der Waals surface area contributed by atoms with Gasteiger partial charge in [-0.25, -0.2) is 4.57 Å². The van der Waals surface area contributed by atoms with E-state index in [0.717, 1.165) is 29.3 Å². The van der Waals surface area contributed by atoms with E-state index in [-0.39, 0.29) is 47.2 Å². The monoisotopic (exact) mass is 644 g/mol. The van der Waals surface area contributed by atoms with Gasteiger partial charge in [-0.1, -0.05) is 44.2 Å². The number of carbonyl (C=O) groups is 4. The van der Waals surface area contributed by atoms with Crippen LogP contribution in [0, 0.1) is 0 Å². The molecule has 1 saturated heterocycles. The van der Waals surface area contributed by atoms with Crippen LogP contribution in [0.3, 0.4) is 0 Å². The Kier molecular flexibility index (Phi) is 11.7. The van der Waals surface area contributed by atoms with E-state index in [1.54, 1.807) is 36.0 Å². The van der Waals surface area contributed by atoms with Gasteiger partial charge in [0.25, 0.3) is 17.7 Å². The SMILES string of the molecule is CCCCCCCCNC(=O)c1cc[n+](CC2=C(C(=O)[O-])N3C(=O)C(NC(=O)/C(=N\OCC)c4nsc(N)n4)[C@H]3SC2)cc1. The molecule has 2 aromatic rings. The van der Waals surface area contributed by atoms with E-state index in [0.29, 0.717) is 17.7 Å². The molecule has 0 aromatic carbocycles. The quantitative estimate of drug-likeness (QED) is 0.0754. The number of aliphatic carboxylic acids is 1. The summed E-state index contributed by atoms with van der Waals surface area (Å²) in [4.78, 5) is 60.9. The lowest BCUT2D eigenvalue weighted by molar-refractivity contribution is -0.689. The highest BCUT2D eigenvalue weighted by molar-refractivity contribution is 8.00. The van der Waals surface area contributed by atoms with Crippen LogP contribution in [0.2, 0.25) is 0 Å². The van der Waals surface area contributed by atoms with Gasteiger partial charge in [-0.05, 0) is 13.3 Å². The molecule has 0 spiro atoms. The number of hydrogen-bond acceptors (Lipinski definition) is 12. The third-order valence-corrected chi connectivity index (χ3v) is 8.91. The van der Waals surface area contributed by atoms with E-state index in [1.165, 1.54) is 37.4 Å². The van der Waals surface area contributed by atoms with Gasteiger partial charge in [0.15, 0.2) is 24.1 Å². The van der Waals surface area contributed by atoms with Gasteiger partial charge in [0.1, 0.15) is 18.0 Å². The van der Waals surface area contributed by atoms with Crippen molar-refractivity contribution < 1.29 is 33.7 Å². The van der Waals surface area contributed by atoms with Crippen LogP contribution in [0.25, 0.3) is 0 Å². The van der Waals surface area contributed by atoms with E-state index in [2.05, 4.69) is 32.1 Å². The maximum Gasteiger partial charge on any atom is 0.278 e. The maximum atomic E-state index is 13.1. The molecule has 2 aromatic heterocycles. The Morgan fingerprint density at radius 1 is 1.18 bits per heavy atom. The van der Waals surface area contributed by atoms with Crippen molar-refractivity contribution in [3.8, 4) is 0 Å². The van der Waals surface area contributed by atoms with Crippen LogP contribution in [-0.2, 0) is 25.8 Å². The summed E-state index contributed by atoms with van der Waals surface area (Å²) in [5.41, 5.74) is 6.12. The molecule has 16 heteroatoms. The van der Waals surface area contributed by atoms with Gasteiger partial charge in [0.2, 0.25) is 11.5 Å². The molecule has 4 N–H and O–H groups in total. The van der Waals surface area contributed by atoms with Gasteiger partial charge in [0, 0.05) is 41.5 Å². The normalized spacial score (nSPS) is 18.0. The molecular formula is C28H36N8O6S2. The van der Waals surface area contributed by atoms with Crippen LogP contribution in [0.15, 0.2) is 41.0 Å². The molecule has 2 aliphatic heterocycles. The summed E-state index contributed by atoms with van der Waals surface area (Å²) in [7, 11) is 0. The predicted molar refractivity (Wildman–Crippen MR) is 162 cm³/mol. The molecule has 0 saturated carbocycles. The minimum absolute atomic E-state index is 0.0469. The number of fused-ring (bicyclic) bond motifs is 1. The summed E-state index contributed by atoms with van der Waals surface area (Å²) in [5, 5.41) is 21.0. The molecule has 0 radical (unpaired) electrons. The van der Waals surface area contributed by atoms with E-state index in [1.807, 2.05) is 0 Å². The zero-order valence-corrected chi connectivity index (χ0v) is 26.2. The number of nitrogens with one attached hydrogen (secondary N) is 2. The van der Waals surface area contributed by atoms with Gasteiger partial charge in [0.05, 0.1) is 17.2 Å². The van der Waals surface area contributed by atoms with Crippen molar-refractivity contribution in [1.82, 2.24) is 24.9 Å². The maximum absolute atomic E-state index is 13.1. The Morgan fingerprint density at radius 3 is 2.57 bits per heavy atom. The number of thioether (sulfide) groups is 1. The number of nitrogens with two attached hydrogens (primary N) is 1. The van der Waals surface area contributed by atoms with Gasteiger partial charge >= 0.3 is 0 Å². The Morgan fingerprint density at radius 2 is 1.91 bits per heavy atom. The molecule has 1 unspecified atom stereocenters. The summed E-state index contributed by atoms with van der Waals surface area (Å²) in [6.07, 6.45) is 10.2. The van der Waals surface area contributed by atoms with Gasteiger partial charge < -0.3 is 31.1 Å². The molecule has 236 valence electrons. The fraction of sp³-hybridized carbons (Fsp3) is 0.500. The number of anilines is 1. The second-order valence-electron chi connectivity index (χ2n) is 10.2. The number of nitrogen functional groups attached to an aromatic ring is 1. The number of β-lactam (4-membered cyclic amide) rings is 1. The first kappa shape index (κ1) is 32.9. The van der Waals surface area contributed by atoms with Gasteiger partial charge in [-0.2, -0.15) is 9.36 Å². The molecule has 2 aliphatic rings. The number of amides is 3. The minimum Gasteiger partial charge on any atom is -0.543 e. The molecule has 3 amide bonds. The number of nitrogens with zero attached hydrogens (tertiary/aromatic N) is 5. The van der Waals surface area contributed by atoms with Crippen LogP contribution in [0.1, 0.15) is 68.6 Å². The first-order chi connectivity index (χ1) is 21.2. The summed E-state index contributed by atoms with van der Waals surface area (Å²) in [6, 6.07) is 2.33. The molecular weight excluding hydrogens is 608 g/mol.